The molecule has 0 radical (unpaired) electrons. The quantitative estimate of drug-likeness (QED) is 0.184. The van der Waals surface area contributed by atoms with E-state index in [4.69, 9.17) is 4.42 Å². The monoisotopic (exact) mass is 639 g/mol. The molecule has 2 nitrogen and oxygen atoms in total. The van der Waals surface area contributed by atoms with E-state index in [0.717, 1.165) is 16.9 Å². The third kappa shape index (κ3) is 3.25. The fourth-order valence-electron chi connectivity index (χ4n) is 8.73. The number of hydrogen-bond donors (Lipinski definition) is 0. The van der Waals surface area contributed by atoms with E-state index in [0.29, 0.717) is 0 Å². The molecule has 0 saturated carbocycles. The number of nitrogens with zero attached hydrogens (tertiary/aromatic N) is 1. The van der Waals surface area contributed by atoms with Gasteiger partial charge in [0, 0.05) is 42.0 Å². The van der Waals surface area contributed by atoms with Crippen LogP contribution in [0, 0.1) is 0 Å². The maximum absolute atomic E-state index is 6.79. The number of aromatic nitrogens is 1. The summed E-state index contributed by atoms with van der Waals surface area (Å²) in [6.45, 7) is 0. The zero-order valence-electron chi connectivity index (χ0n) is 26.2. The molecular formula is C46H25NOS. The van der Waals surface area contributed by atoms with Gasteiger partial charge in [-0.1, -0.05) is 121 Å². The summed E-state index contributed by atoms with van der Waals surface area (Å²) < 4.78 is 11.8. The van der Waals surface area contributed by atoms with Crippen molar-refractivity contribution in [3.8, 4) is 39.1 Å². The van der Waals surface area contributed by atoms with Crippen molar-refractivity contribution >= 4 is 86.0 Å². The number of fused-ring (bicyclic) bond motifs is 15. The first-order valence-corrected chi connectivity index (χ1v) is 17.6. The van der Waals surface area contributed by atoms with Gasteiger partial charge in [-0.25, -0.2) is 0 Å². The number of para-hydroxylation sites is 2. The molecule has 0 N–H and O–H groups in total. The maximum Gasteiger partial charge on any atom is 0.146 e. The average molecular weight is 640 g/mol. The number of benzene rings is 8. The van der Waals surface area contributed by atoms with Crippen molar-refractivity contribution in [1.29, 1.82) is 0 Å². The molecule has 3 aromatic heterocycles. The van der Waals surface area contributed by atoms with Crippen LogP contribution < -0.4 is 0 Å². The third-order valence-electron chi connectivity index (χ3n) is 10.7. The van der Waals surface area contributed by atoms with Gasteiger partial charge in [0.2, 0.25) is 0 Å². The highest BCUT2D eigenvalue weighted by Gasteiger charge is 2.26. The van der Waals surface area contributed by atoms with Gasteiger partial charge >= 0.3 is 0 Å². The molecule has 226 valence electrons. The van der Waals surface area contributed by atoms with Crippen LogP contribution in [0.15, 0.2) is 156 Å². The minimum absolute atomic E-state index is 0.929. The van der Waals surface area contributed by atoms with Gasteiger partial charge in [-0.15, -0.1) is 11.3 Å². The summed E-state index contributed by atoms with van der Waals surface area (Å²) in [5.74, 6) is 0. The summed E-state index contributed by atoms with van der Waals surface area (Å²) in [5.41, 5.74) is 13.2. The van der Waals surface area contributed by atoms with Crippen molar-refractivity contribution < 1.29 is 4.42 Å². The number of thiophene rings is 1. The summed E-state index contributed by atoms with van der Waals surface area (Å²) in [6.07, 6.45) is 0. The molecule has 0 unspecified atom stereocenters. The van der Waals surface area contributed by atoms with Crippen LogP contribution in [0.25, 0.3) is 114 Å². The molecular weight excluding hydrogens is 615 g/mol. The molecule has 0 amide bonds. The molecule has 12 rings (SSSR count). The molecule has 0 spiro atoms. The first-order chi connectivity index (χ1) is 24.3. The SMILES string of the molecule is c1ccc2c(c1)-c1cccc3c(-c4ccc(-n5c6ccccc6c6c7oc8ccccc8c7c7sc8ccccc8c7c65)cc4)ccc-2c13. The zero-order chi connectivity index (χ0) is 31.8. The van der Waals surface area contributed by atoms with Crippen LogP contribution in [0.3, 0.4) is 0 Å². The van der Waals surface area contributed by atoms with Gasteiger partial charge in [0.05, 0.1) is 16.4 Å². The molecule has 1 aliphatic rings. The molecule has 0 bridgehead atoms. The van der Waals surface area contributed by atoms with E-state index in [9.17, 15) is 0 Å². The largest absolute Gasteiger partial charge is 0.455 e. The van der Waals surface area contributed by atoms with Crippen molar-refractivity contribution in [1.82, 2.24) is 4.57 Å². The van der Waals surface area contributed by atoms with Gasteiger partial charge in [-0.3, -0.25) is 0 Å². The van der Waals surface area contributed by atoms with Gasteiger partial charge in [-0.2, -0.15) is 0 Å². The number of rotatable bonds is 2. The van der Waals surface area contributed by atoms with Gasteiger partial charge in [0.1, 0.15) is 11.2 Å². The maximum atomic E-state index is 6.79. The third-order valence-corrected chi connectivity index (χ3v) is 11.9. The van der Waals surface area contributed by atoms with Gasteiger partial charge in [0.25, 0.3) is 0 Å². The lowest BCUT2D eigenvalue weighted by Crippen LogP contribution is -1.94. The van der Waals surface area contributed by atoms with E-state index >= 15 is 0 Å². The molecule has 3 heterocycles. The minimum atomic E-state index is 0.929. The molecule has 49 heavy (non-hydrogen) atoms. The van der Waals surface area contributed by atoms with Crippen LogP contribution in [0.1, 0.15) is 0 Å². The minimum Gasteiger partial charge on any atom is -0.455 e. The van der Waals surface area contributed by atoms with Crippen LogP contribution >= 0.6 is 11.3 Å². The number of hydrogen-bond acceptors (Lipinski definition) is 2. The number of furan rings is 1. The van der Waals surface area contributed by atoms with E-state index in [1.165, 1.54) is 96.9 Å². The van der Waals surface area contributed by atoms with Crippen LogP contribution in [-0.4, -0.2) is 4.57 Å². The van der Waals surface area contributed by atoms with E-state index in [1.54, 1.807) is 0 Å². The van der Waals surface area contributed by atoms with Crippen molar-refractivity contribution in [2.75, 3.05) is 0 Å². The summed E-state index contributed by atoms with van der Waals surface area (Å²) in [7, 11) is 0. The summed E-state index contributed by atoms with van der Waals surface area (Å²) in [5, 5.41) is 10.0. The first-order valence-electron chi connectivity index (χ1n) is 16.8. The van der Waals surface area contributed by atoms with Crippen LogP contribution in [0.5, 0.6) is 0 Å². The van der Waals surface area contributed by atoms with Crippen molar-refractivity contribution in [3.63, 3.8) is 0 Å². The lowest BCUT2D eigenvalue weighted by atomic mass is 9.94. The molecule has 0 saturated heterocycles. The Kier molecular flexibility index (Phi) is 4.89. The fourth-order valence-corrected chi connectivity index (χ4v) is 9.99. The predicted molar refractivity (Wildman–Crippen MR) is 208 cm³/mol. The Morgan fingerprint density at radius 1 is 0.429 bits per heavy atom. The highest BCUT2D eigenvalue weighted by molar-refractivity contribution is 7.27. The Balaban J connectivity index is 1.15. The van der Waals surface area contributed by atoms with Crippen molar-refractivity contribution in [3.05, 3.63) is 152 Å². The lowest BCUT2D eigenvalue weighted by Gasteiger charge is -2.13. The molecule has 0 atom stereocenters. The van der Waals surface area contributed by atoms with Gasteiger partial charge < -0.3 is 8.98 Å². The topological polar surface area (TPSA) is 18.1 Å². The van der Waals surface area contributed by atoms with Crippen LogP contribution in [-0.2, 0) is 0 Å². The van der Waals surface area contributed by atoms with E-state index in [2.05, 4.69) is 156 Å². The second kappa shape index (κ2) is 9.25. The van der Waals surface area contributed by atoms with E-state index in [1.807, 2.05) is 11.3 Å². The lowest BCUT2D eigenvalue weighted by molar-refractivity contribution is 0.673. The second-order valence-electron chi connectivity index (χ2n) is 13.2. The van der Waals surface area contributed by atoms with Crippen LogP contribution in [0.2, 0.25) is 0 Å². The van der Waals surface area contributed by atoms with Gasteiger partial charge in [0.15, 0.2) is 0 Å². The van der Waals surface area contributed by atoms with Gasteiger partial charge in [-0.05, 0) is 74.5 Å². The molecule has 11 aromatic rings. The van der Waals surface area contributed by atoms with Crippen molar-refractivity contribution in [2.45, 2.75) is 0 Å². The second-order valence-corrected chi connectivity index (χ2v) is 14.2. The first kappa shape index (κ1) is 25.9. The predicted octanol–water partition coefficient (Wildman–Crippen LogP) is 13.5. The Hall–Kier alpha value is -6.16. The molecule has 3 heteroatoms. The molecule has 0 aliphatic heterocycles. The summed E-state index contributed by atoms with van der Waals surface area (Å²) in [6, 6.07) is 55.4. The fraction of sp³-hybridized carbons (Fsp3) is 0. The van der Waals surface area contributed by atoms with E-state index in [-0.39, 0.29) is 0 Å². The highest BCUT2D eigenvalue weighted by Crippen LogP contribution is 2.51. The molecule has 0 fully saturated rings. The van der Waals surface area contributed by atoms with Crippen LogP contribution in [0.4, 0.5) is 0 Å². The Labute approximate surface area is 284 Å². The standard InChI is InChI=1S/C46H25NOS/c1-2-11-30-29(10-1)32-16-9-15-31-28(24-25-33(30)40(31)32)26-20-22-27(23-21-26)47-37-17-6-3-12-34(37)41-44(47)42-36-14-5-8-19-39(36)49-46(42)43-35-13-4-7-18-38(35)48-45(41)43/h1-25H. The Morgan fingerprint density at radius 3 is 1.94 bits per heavy atom. The highest BCUT2D eigenvalue weighted by atomic mass is 32.1. The van der Waals surface area contributed by atoms with E-state index < -0.39 is 0 Å². The van der Waals surface area contributed by atoms with Crippen molar-refractivity contribution in [2.24, 2.45) is 0 Å². The summed E-state index contributed by atoms with van der Waals surface area (Å²) in [4.78, 5) is 0. The molecule has 8 aromatic carbocycles. The Morgan fingerprint density at radius 2 is 1.08 bits per heavy atom. The average Bonchev–Trinajstić information content (AvgIpc) is 3.91. The molecule has 1 aliphatic carbocycles. The smallest absolute Gasteiger partial charge is 0.146 e. The normalized spacial score (nSPS) is 12.5. The zero-order valence-corrected chi connectivity index (χ0v) is 27.0. The Bertz CT molecular complexity index is 3150. The summed E-state index contributed by atoms with van der Waals surface area (Å²) >= 11 is 1.87.